The third kappa shape index (κ3) is 8.20. The number of nitrogens with one attached hydrogen (secondary N) is 3. The van der Waals surface area contributed by atoms with E-state index in [1.54, 1.807) is 19.0 Å². The monoisotopic (exact) mass is 543 g/mol. The maximum absolute atomic E-state index is 12.7. The molecule has 0 aromatic heterocycles. The Kier molecular flexibility index (Phi) is 11.2. The van der Waals surface area contributed by atoms with Crippen LogP contribution in [0.3, 0.4) is 0 Å². The summed E-state index contributed by atoms with van der Waals surface area (Å²) >= 11 is 0. The van der Waals surface area contributed by atoms with Crippen LogP contribution in [-0.4, -0.2) is 71.2 Å². The molecule has 2 aliphatic rings. The van der Waals surface area contributed by atoms with Crippen LogP contribution in [-0.2, 0) is 14.8 Å². The lowest BCUT2D eigenvalue weighted by atomic mass is 9.85. The molecule has 170 valence electrons. The van der Waals surface area contributed by atoms with Crippen molar-refractivity contribution in [2.75, 3.05) is 46.0 Å². The number of amides is 1. The summed E-state index contributed by atoms with van der Waals surface area (Å²) in [7, 11) is 0.291. The Bertz CT molecular complexity index is 644. The molecule has 8 nitrogen and oxygen atoms in total. The second-order valence-electron chi connectivity index (χ2n) is 8.27. The smallest absolute Gasteiger partial charge is 0.230 e. The Morgan fingerprint density at radius 2 is 1.79 bits per heavy atom. The molecule has 3 N–H and O–H groups in total. The summed E-state index contributed by atoms with van der Waals surface area (Å²) in [5.74, 6) is 1.20. The molecule has 0 heterocycles. The Labute approximate surface area is 193 Å². The van der Waals surface area contributed by atoms with Crippen LogP contribution < -0.4 is 15.4 Å². The number of hydrogen-bond acceptors (Lipinski definition) is 4. The minimum absolute atomic E-state index is 0. The van der Waals surface area contributed by atoms with Crippen molar-refractivity contribution in [3.05, 3.63) is 0 Å². The number of aliphatic imine (C=N–C) groups is 1. The summed E-state index contributed by atoms with van der Waals surface area (Å²) in [6.07, 6.45) is 7.23. The van der Waals surface area contributed by atoms with Crippen LogP contribution in [0.1, 0.15) is 51.9 Å². The van der Waals surface area contributed by atoms with Crippen LogP contribution in [0.25, 0.3) is 0 Å². The highest BCUT2D eigenvalue weighted by Crippen LogP contribution is 2.39. The zero-order valence-electron chi connectivity index (χ0n) is 18.0. The first-order chi connectivity index (χ1) is 13.3. The summed E-state index contributed by atoms with van der Waals surface area (Å²) in [6.45, 7) is 3.88. The zero-order valence-corrected chi connectivity index (χ0v) is 21.1. The molecular weight excluding hydrogens is 505 g/mol. The number of carbonyl (C=O) groups excluding carboxylic acids is 1. The van der Waals surface area contributed by atoms with Gasteiger partial charge in [0.15, 0.2) is 5.96 Å². The van der Waals surface area contributed by atoms with Gasteiger partial charge in [-0.15, -0.1) is 24.0 Å². The topological polar surface area (TPSA) is 103 Å². The van der Waals surface area contributed by atoms with Crippen molar-refractivity contribution in [1.29, 1.82) is 0 Å². The minimum atomic E-state index is -3.29. The van der Waals surface area contributed by atoms with Crippen molar-refractivity contribution in [3.63, 3.8) is 0 Å². The summed E-state index contributed by atoms with van der Waals surface area (Å²) in [6, 6.07) is 0. The van der Waals surface area contributed by atoms with Crippen molar-refractivity contribution in [2.45, 2.75) is 51.9 Å². The first kappa shape index (κ1) is 26.4. The van der Waals surface area contributed by atoms with E-state index in [2.05, 4.69) is 20.3 Å². The highest BCUT2D eigenvalue weighted by atomic mass is 127. The van der Waals surface area contributed by atoms with Crippen molar-refractivity contribution < 1.29 is 13.2 Å². The van der Waals surface area contributed by atoms with E-state index >= 15 is 0 Å². The van der Waals surface area contributed by atoms with Crippen LogP contribution in [0.2, 0.25) is 0 Å². The second kappa shape index (κ2) is 12.3. The van der Waals surface area contributed by atoms with Crippen LogP contribution in [0.4, 0.5) is 0 Å². The van der Waals surface area contributed by atoms with Gasteiger partial charge in [-0.2, -0.15) is 0 Å². The van der Waals surface area contributed by atoms with E-state index in [-0.39, 0.29) is 42.2 Å². The minimum Gasteiger partial charge on any atom is -0.357 e. The van der Waals surface area contributed by atoms with E-state index in [9.17, 15) is 13.2 Å². The molecule has 0 aromatic carbocycles. The predicted molar refractivity (Wildman–Crippen MR) is 128 cm³/mol. The van der Waals surface area contributed by atoms with Gasteiger partial charge in [-0.1, -0.05) is 19.3 Å². The first-order valence-corrected chi connectivity index (χ1v) is 12.1. The molecule has 10 heteroatoms. The van der Waals surface area contributed by atoms with E-state index in [1.807, 2.05) is 6.92 Å². The average Bonchev–Trinajstić information content (AvgIpc) is 3.07. The van der Waals surface area contributed by atoms with Crippen LogP contribution >= 0.6 is 24.0 Å². The molecule has 2 aliphatic carbocycles. The van der Waals surface area contributed by atoms with Gasteiger partial charge in [0, 0.05) is 33.7 Å². The van der Waals surface area contributed by atoms with Gasteiger partial charge in [0.1, 0.15) is 0 Å². The second-order valence-corrected chi connectivity index (χ2v) is 10.2. The number of carbonyl (C=O) groups is 1. The van der Waals surface area contributed by atoms with Crippen LogP contribution in [0.15, 0.2) is 4.99 Å². The Morgan fingerprint density at radius 3 is 2.31 bits per heavy atom. The third-order valence-corrected chi connectivity index (χ3v) is 7.13. The van der Waals surface area contributed by atoms with Gasteiger partial charge in [-0.3, -0.25) is 9.79 Å². The van der Waals surface area contributed by atoms with E-state index in [0.717, 1.165) is 38.5 Å². The maximum Gasteiger partial charge on any atom is 0.230 e. The predicted octanol–water partition coefficient (Wildman–Crippen LogP) is 1.53. The Balaban J connectivity index is 0.00000420. The molecule has 2 saturated carbocycles. The van der Waals surface area contributed by atoms with Crippen molar-refractivity contribution >= 4 is 45.9 Å². The van der Waals surface area contributed by atoms with Gasteiger partial charge >= 0.3 is 0 Å². The molecule has 0 bridgehead atoms. The maximum atomic E-state index is 12.7. The summed E-state index contributed by atoms with van der Waals surface area (Å²) in [5, 5.41) is 6.24. The molecule has 0 spiro atoms. The molecule has 2 rings (SSSR count). The first-order valence-electron chi connectivity index (χ1n) is 10.5. The van der Waals surface area contributed by atoms with Gasteiger partial charge in [0.05, 0.1) is 17.7 Å². The van der Waals surface area contributed by atoms with Crippen molar-refractivity contribution in [3.8, 4) is 0 Å². The number of guanidine groups is 1. The summed E-state index contributed by atoms with van der Waals surface area (Å²) in [5.41, 5.74) is -0.428. The van der Waals surface area contributed by atoms with E-state index in [0.29, 0.717) is 31.5 Å². The molecule has 2 fully saturated rings. The fourth-order valence-electron chi connectivity index (χ4n) is 3.86. The lowest BCUT2D eigenvalue weighted by Gasteiger charge is -2.29. The number of nitrogens with zero attached hydrogens (tertiary/aromatic N) is 2. The number of halogens is 1. The standard InChI is InChI=1S/C19H37N5O3S.HI/c1-4-20-18(21-12-13-28(26,27)23-14-16-8-7-9-16)22-15-19(10-5-6-11-19)17(25)24(2)3;/h16,23H,4-15H2,1-3H3,(H2,20,21,22);1H. The largest absolute Gasteiger partial charge is 0.357 e. The fraction of sp³-hybridized carbons (Fsp3) is 0.895. The van der Waals surface area contributed by atoms with Gasteiger partial charge in [-0.05, 0) is 38.5 Å². The molecule has 0 aromatic rings. The van der Waals surface area contributed by atoms with E-state index in [1.165, 1.54) is 6.42 Å². The normalized spacial score (nSPS) is 19.2. The molecule has 0 atom stereocenters. The SMILES string of the molecule is CCNC(=NCC1(C(=O)N(C)C)CCCC1)NCCS(=O)(=O)NCC1CCC1.I. The van der Waals surface area contributed by atoms with Gasteiger partial charge < -0.3 is 15.5 Å². The molecule has 0 unspecified atom stereocenters. The van der Waals surface area contributed by atoms with Gasteiger partial charge in [-0.25, -0.2) is 13.1 Å². The Morgan fingerprint density at radius 1 is 1.14 bits per heavy atom. The highest BCUT2D eigenvalue weighted by molar-refractivity contribution is 14.0. The number of sulfonamides is 1. The molecule has 1 amide bonds. The van der Waals surface area contributed by atoms with Crippen molar-refractivity contribution in [1.82, 2.24) is 20.3 Å². The molecule has 0 aliphatic heterocycles. The highest BCUT2D eigenvalue weighted by Gasteiger charge is 2.42. The number of hydrogen-bond donors (Lipinski definition) is 3. The molecular formula is C19H38IN5O3S. The molecule has 0 radical (unpaired) electrons. The third-order valence-electron chi connectivity index (χ3n) is 5.78. The molecule has 29 heavy (non-hydrogen) atoms. The summed E-state index contributed by atoms with van der Waals surface area (Å²) < 4.78 is 27.0. The zero-order chi connectivity index (χ0) is 20.6. The van der Waals surface area contributed by atoms with Gasteiger partial charge in [0.2, 0.25) is 15.9 Å². The molecule has 0 saturated heterocycles. The quantitative estimate of drug-likeness (QED) is 0.220. The lowest BCUT2D eigenvalue weighted by Crippen LogP contribution is -2.44. The van der Waals surface area contributed by atoms with E-state index in [4.69, 9.17) is 0 Å². The lowest BCUT2D eigenvalue weighted by molar-refractivity contribution is -0.138. The fourth-order valence-corrected chi connectivity index (χ4v) is 4.86. The summed E-state index contributed by atoms with van der Waals surface area (Å²) in [4.78, 5) is 18.9. The van der Waals surface area contributed by atoms with Gasteiger partial charge in [0.25, 0.3) is 0 Å². The number of rotatable bonds is 10. The van der Waals surface area contributed by atoms with Crippen molar-refractivity contribution in [2.24, 2.45) is 16.3 Å². The Hall–Kier alpha value is -0.620. The van der Waals surface area contributed by atoms with E-state index < -0.39 is 15.4 Å². The van der Waals surface area contributed by atoms with Crippen LogP contribution in [0.5, 0.6) is 0 Å². The average molecular weight is 544 g/mol. The van der Waals surface area contributed by atoms with Crippen LogP contribution in [0, 0.1) is 11.3 Å².